The highest BCUT2D eigenvalue weighted by atomic mass is 16.2. The zero-order valence-electron chi connectivity index (χ0n) is 17.3. The number of hydrogen-bond donors (Lipinski definition) is 2. The Morgan fingerprint density at radius 1 is 0.933 bits per heavy atom. The Kier molecular flexibility index (Phi) is 5.53. The lowest BCUT2D eigenvalue weighted by atomic mass is 9.77. The molecule has 2 N–H and O–H groups in total. The summed E-state index contributed by atoms with van der Waals surface area (Å²) in [7, 11) is 0. The van der Waals surface area contributed by atoms with E-state index < -0.39 is 5.92 Å². The van der Waals surface area contributed by atoms with Crippen molar-refractivity contribution in [2.24, 2.45) is 5.92 Å². The third kappa shape index (κ3) is 4.35. The summed E-state index contributed by atoms with van der Waals surface area (Å²) in [6.45, 7) is 4.01. The van der Waals surface area contributed by atoms with Crippen molar-refractivity contribution in [2.45, 2.75) is 45.4 Å². The molecule has 5 heteroatoms. The number of ketones is 1. The Balaban J connectivity index is 1.43. The molecule has 2 aromatic carbocycles. The average Bonchev–Trinajstić information content (AvgIpc) is 2.71. The van der Waals surface area contributed by atoms with Gasteiger partial charge in [-0.05, 0) is 50.3 Å². The number of anilines is 1. The number of Topliss-reactive ketones (excluding diaryl/α,β-unsaturated/α-hetero) is 1. The zero-order valence-corrected chi connectivity index (χ0v) is 17.3. The lowest BCUT2D eigenvalue weighted by Crippen LogP contribution is -2.41. The molecule has 1 aliphatic heterocycles. The maximum Gasteiger partial charge on any atom is 0.228 e. The molecule has 0 radical (unpaired) electrons. The van der Waals surface area contributed by atoms with Gasteiger partial charge in [0.1, 0.15) is 0 Å². The van der Waals surface area contributed by atoms with Crippen LogP contribution in [-0.4, -0.2) is 17.6 Å². The first kappa shape index (κ1) is 20.1. The highest BCUT2D eigenvalue weighted by Gasteiger charge is 2.37. The molecule has 1 aliphatic carbocycles. The van der Waals surface area contributed by atoms with E-state index in [2.05, 4.69) is 22.8 Å². The number of allylic oxidation sites excluding steroid dienone is 2. The number of rotatable bonds is 4. The second-order valence-corrected chi connectivity index (χ2v) is 8.40. The van der Waals surface area contributed by atoms with Gasteiger partial charge in [0.05, 0.1) is 5.92 Å². The van der Waals surface area contributed by atoms with Crippen molar-refractivity contribution in [3.63, 3.8) is 0 Å². The number of amides is 2. The van der Waals surface area contributed by atoms with Crippen molar-refractivity contribution in [1.29, 1.82) is 0 Å². The second-order valence-electron chi connectivity index (χ2n) is 8.40. The first-order valence-corrected chi connectivity index (χ1v) is 10.4. The fourth-order valence-corrected chi connectivity index (χ4v) is 4.22. The molecule has 30 heavy (non-hydrogen) atoms. The molecule has 1 heterocycles. The Labute approximate surface area is 176 Å². The van der Waals surface area contributed by atoms with Crippen LogP contribution in [0.4, 0.5) is 5.69 Å². The zero-order chi connectivity index (χ0) is 21.3. The van der Waals surface area contributed by atoms with Crippen molar-refractivity contribution >= 4 is 23.3 Å². The molecule has 0 bridgehead atoms. The Bertz CT molecular complexity index is 1020. The van der Waals surface area contributed by atoms with Crippen LogP contribution >= 0.6 is 0 Å². The molecule has 0 spiro atoms. The summed E-state index contributed by atoms with van der Waals surface area (Å²) in [5.41, 5.74) is 5.53. The highest BCUT2D eigenvalue weighted by molar-refractivity contribution is 6.02. The molecule has 2 aromatic rings. The molecular formula is C25H26N2O3. The van der Waals surface area contributed by atoms with Crippen LogP contribution in [0.5, 0.6) is 0 Å². The molecule has 4 rings (SSSR count). The van der Waals surface area contributed by atoms with Crippen molar-refractivity contribution in [3.05, 3.63) is 76.5 Å². The molecule has 2 atom stereocenters. The molecule has 2 amide bonds. The number of hydrogen-bond acceptors (Lipinski definition) is 3. The van der Waals surface area contributed by atoms with Gasteiger partial charge < -0.3 is 10.6 Å². The lowest BCUT2D eigenvalue weighted by Gasteiger charge is -2.33. The van der Waals surface area contributed by atoms with Gasteiger partial charge in [0.2, 0.25) is 11.8 Å². The Morgan fingerprint density at radius 2 is 1.57 bits per heavy atom. The van der Waals surface area contributed by atoms with Crippen LogP contribution < -0.4 is 10.6 Å². The fourth-order valence-electron chi connectivity index (χ4n) is 4.22. The molecular weight excluding hydrogens is 376 g/mol. The predicted molar refractivity (Wildman–Crippen MR) is 116 cm³/mol. The largest absolute Gasteiger partial charge is 0.329 e. The molecule has 5 nitrogen and oxygen atoms in total. The second kappa shape index (κ2) is 8.27. The van der Waals surface area contributed by atoms with Crippen LogP contribution in [0.3, 0.4) is 0 Å². The van der Waals surface area contributed by atoms with Crippen molar-refractivity contribution in [3.8, 4) is 0 Å². The molecule has 0 aromatic heterocycles. The van der Waals surface area contributed by atoms with Gasteiger partial charge in [-0.2, -0.15) is 0 Å². The SMILES string of the molecule is Cc1ccc(NC(=O)C[C@@H]2CC3=C(C[C@H](c4ccc(C)cc4)CC3=O)NC2=O)cc1. The van der Waals surface area contributed by atoms with E-state index in [1.807, 2.05) is 50.2 Å². The van der Waals surface area contributed by atoms with Gasteiger partial charge in [0.15, 0.2) is 5.78 Å². The van der Waals surface area contributed by atoms with Gasteiger partial charge in [-0.25, -0.2) is 0 Å². The van der Waals surface area contributed by atoms with Crippen molar-refractivity contribution in [2.75, 3.05) is 5.32 Å². The highest BCUT2D eigenvalue weighted by Crippen LogP contribution is 2.38. The van der Waals surface area contributed by atoms with Gasteiger partial charge in [-0.1, -0.05) is 47.5 Å². The monoisotopic (exact) mass is 402 g/mol. The van der Waals surface area contributed by atoms with Gasteiger partial charge in [-0.15, -0.1) is 0 Å². The number of carbonyl (C=O) groups excluding carboxylic acids is 3. The van der Waals surface area contributed by atoms with E-state index in [1.54, 1.807) is 0 Å². The molecule has 0 fully saturated rings. The topological polar surface area (TPSA) is 75.3 Å². The molecule has 0 saturated carbocycles. The van der Waals surface area contributed by atoms with Crippen LogP contribution in [-0.2, 0) is 14.4 Å². The quantitative estimate of drug-likeness (QED) is 0.806. The first-order valence-electron chi connectivity index (χ1n) is 10.4. The first-order chi connectivity index (χ1) is 14.4. The molecule has 154 valence electrons. The minimum atomic E-state index is -0.519. The molecule has 2 aliphatic rings. The summed E-state index contributed by atoms with van der Waals surface area (Å²) in [6, 6.07) is 15.7. The van der Waals surface area contributed by atoms with E-state index in [0.29, 0.717) is 30.5 Å². The van der Waals surface area contributed by atoms with E-state index in [-0.39, 0.29) is 29.9 Å². The Hall–Kier alpha value is -3.21. The molecule has 0 unspecified atom stereocenters. The lowest BCUT2D eigenvalue weighted by molar-refractivity contribution is -0.129. The number of aryl methyl sites for hydroxylation is 2. The van der Waals surface area contributed by atoms with E-state index in [1.165, 1.54) is 5.56 Å². The van der Waals surface area contributed by atoms with E-state index in [0.717, 1.165) is 16.8 Å². The third-order valence-corrected chi connectivity index (χ3v) is 5.99. The minimum Gasteiger partial charge on any atom is -0.329 e. The van der Waals surface area contributed by atoms with Crippen molar-refractivity contribution < 1.29 is 14.4 Å². The summed E-state index contributed by atoms with van der Waals surface area (Å²) >= 11 is 0. The smallest absolute Gasteiger partial charge is 0.228 e. The third-order valence-electron chi connectivity index (χ3n) is 5.99. The van der Waals surface area contributed by atoms with Crippen LogP contribution in [0.1, 0.15) is 48.3 Å². The maximum atomic E-state index is 12.8. The summed E-state index contributed by atoms with van der Waals surface area (Å²) in [5, 5.41) is 5.76. The fraction of sp³-hybridized carbons (Fsp3) is 0.320. The van der Waals surface area contributed by atoms with Gasteiger partial charge in [-0.3, -0.25) is 14.4 Å². The van der Waals surface area contributed by atoms with Crippen molar-refractivity contribution in [1.82, 2.24) is 5.32 Å². The maximum absolute atomic E-state index is 12.8. The number of carbonyl (C=O) groups is 3. The summed E-state index contributed by atoms with van der Waals surface area (Å²) < 4.78 is 0. The standard InChI is InChI=1S/C25H26N2O3/c1-15-3-7-17(8-4-15)18-12-22-21(23(28)13-18)11-19(25(30)27-22)14-24(29)26-20-9-5-16(2)6-10-20/h3-10,18-19H,11-14H2,1-2H3,(H,26,29)(H,27,30)/t18-,19-/m0/s1. The van der Waals surface area contributed by atoms with Crippen LogP contribution in [0.2, 0.25) is 0 Å². The van der Waals surface area contributed by atoms with Gasteiger partial charge in [0.25, 0.3) is 0 Å². The number of nitrogens with one attached hydrogen (secondary N) is 2. The van der Waals surface area contributed by atoms with E-state index in [9.17, 15) is 14.4 Å². The van der Waals surface area contributed by atoms with Gasteiger partial charge in [0, 0.05) is 29.8 Å². The van der Waals surface area contributed by atoms with Crippen LogP contribution in [0.15, 0.2) is 59.8 Å². The van der Waals surface area contributed by atoms with Crippen LogP contribution in [0, 0.1) is 19.8 Å². The molecule has 0 saturated heterocycles. The van der Waals surface area contributed by atoms with E-state index >= 15 is 0 Å². The van der Waals surface area contributed by atoms with E-state index in [4.69, 9.17) is 0 Å². The summed E-state index contributed by atoms with van der Waals surface area (Å²) in [6.07, 6.45) is 1.49. The number of benzene rings is 2. The Morgan fingerprint density at radius 3 is 2.23 bits per heavy atom. The summed E-state index contributed by atoms with van der Waals surface area (Å²) in [4.78, 5) is 37.9. The summed E-state index contributed by atoms with van der Waals surface area (Å²) in [5.74, 6) is -0.757. The predicted octanol–water partition coefficient (Wildman–Crippen LogP) is 4.17. The normalized spacial score (nSPS) is 21.1. The van der Waals surface area contributed by atoms with Crippen LogP contribution in [0.25, 0.3) is 0 Å². The average molecular weight is 402 g/mol. The minimum absolute atomic E-state index is 0.0607. The van der Waals surface area contributed by atoms with Gasteiger partial charge >= 0.3 is 0 Å².